The van der Waals surface area contributed by atoms with Crippen molar-refractivity contribution in [1.29, 1.82) is 0 Å². The molecule has 3 aromatic heterocycles. The van der Waals surface area contributed by atoms with E-state index in [-0.39, 0.29) is 5.56 Å². The summed E-state index contributed by atoms with van der Waals surface area (Å²) in [5.41, 5.74) is 2.51. The SMILES string of the molecule is CNc1cnc(Cn2cnc3c(C)csc3c2=O)cn1. The molecule has 0 saturated heterocycles. The minimum absolute atomic E-state index is 0.0346. The Bertz CT molecular complexity index is 806. The molecule has 1 N–H and O–H groups in total. The van der Waals surface area contributed by atoms with E-state index in [9.17, 15) is 4.79 Å². The van der Waals surface area contributed by atoms with Gasteiger partial charge in [0.25, 0.3) is 5.56 Å². The Morgan fingerprint density at radius 1 is 1.30 bits per heavy atom. The van der Waals surface area contributed by atoms with Crippen LogP contribution in [0.15, 0.2) is 28.9 Å². The second kappa shape index (κ2) is 5.01. The highest BCUT2D eigenvalue weighted by Gasteiger charge is 2.09. The number of hydrogen-bond donors (Lipinski definition) is 1. The highest BCUT2D eigenvalue weighted by atomic mass is 32.1. The van der Waals surface area contributed by atoms with E-state index < -0.39 is 0 Å². The maximum Gasteiger partial charge on any atom is 0.271 e. The molecule has 6 nitrogen and oxygen atoms in total. The van der Waals surface area contributed by atoms with Crippen LogP contribution in [0.4, 0.5) is 5.82 Å². The summed E-state index contributed by atoms with van der Waals surface area (Å²) in [5.74, 6) is 0.698. The molecule has 3 rings (SSSR count). The van der Waals surface area contributed by atoms with E-state index in [0.717, 1.165) is 16.8 Å². The lowest BCUT2D eigenvalue weighted by atomic mass is 10.3. The number of nitrogens with one attached hydrogen (secondary N) is 1. The number of fused-ring (bicyclic) bond motifs is 1. The number of rotatable bonds is 3. The first-order chi connectivity index (χ1) is 9.69. The third-order valence-corrected chi connectivity index (χ3v) is 4.09. The van der Waals surface area contributed by atoms with Crippen molar-refractivity contribution in [2.75, 3.05) is 12.4 Å². The smallest absolute Gasteiger partial charge is 0.271 e. The van der Waals surface area contributed by atoms with Gasteiger partial charge in [-0.2, -0.15) is 0 Å². The molecule has 20 heavy (non-hydrogen) atoms. The van der Waals surface area contributed by atoms with Crippen molar-refractivity contribution in [3.05, 3.63) is 45.7 Å². The van der Waals surface area contributed by atoms with E-state index >= 15 is 0 Å². The van der Waals surface area contributed by atoms with Crippen LogP contribution in [0.25, 0.3) is 10.2 Å². The van der Waals surface area contributed by atoms with Gasteiger partial charge in [0, 0.05) is 7.05 Å². The van der Waals surface area contributed by atoms with Gasteiger partial charge >= 0.3 is 0 Å². The number of nitrogens with zero attached hydrogens (tertiary/aromatic N) is 4. The third kappa shape index (κ3) is 2.16. The number of hydrogen-bond acceptors (Lipinski definition) is 6. The van der Waals surface area contributed by atoms with E-state index in [1.165, 1.54) is 11.3 Å². The minimum Gasteiger partial charge on any atom is -0.372 e. The van der Waals surface area contributed by atoms with Gasteiger partial charge < -0.3 is 5.32 Å². The molecule has 3 heterocycles. The van der Waals surface area contributed by atoms with Crippen molar-refractivity contribution < 1.29 is 0 Å². The lowest BCUT2D eigenvalue weighted by Gasteiger charge is -2.05. The molecule has 0 saturated carbocycles. The van der Waals surface area contributed by atoms with Crippen LogP contribution in [0.2, 0.25) is 0 Å². The lowest BCUT2D eigenvalue weighted by molar-refractivity contribution is 0.727. The van der Waals surface area contributed by atoms with Crippen molar-refractivity contribution >= 4 is 27.4 Å². The molecule has 0 radical (unpaired) electrons. The number of aromatic nitrogens is 4. The summed E-state index contributed by atoms with van der Waals surface area (Å²) < 4.78 is 2.24. The van der Waals surface area contributed by atoms with Gasteiger partial charge in [-0.25, -0.2) is 9.97 Å². The quantitative estimate of drug-likeness (QED) is 0.793. The molecule has 0 atom stereocenters. The summed E-state index contributed by atoms with van der Waals surface area (Å²) in [6.45, 7) is 2.33. The first-order valence-corrected chi connectivity index (χ1v) is 6.99. The Morgan fingerprint density at radius 3 is 2.85 bits per heavy atom. The molecule has 7 heteroatoms. The molecule has 0 bridgehead atoms. The van der Waals surface area contributed by atoms with Crippen LogP contribution < -0.4 is 10.9 Å². The zero-order chi connectivity index (χ0) is 14.1. The van der Waals surface area contributed by atoms with E-state index in [1.54, 1.807) is 30.3 Å². The Labute approximate surface area is 119 Å². The van der Waals surface area contributed by atoms with E-state index in [4.69, 9.17) is 0 Å². The summed E-state index contributed by atoms with van der Waals surface area (Å²) in [6.07, 6.45) is 4.86. The predicted molar refractivity (Wildman–Crippen MR) is 79.3 cm³/mol. The van der Waals surface area contributed by atoms with Gasteiger partial charge in [0.15, 0.2) is 0 Å². The molecular formula is C13H13N5OS. The topological polar surface area (TPSA) is 72.7 Å². The van der Waals surface area contributed by atoms with Crippen LogP contribution >= 0.6 is 11.3 Å². The Hall–Kier alpha value is -2.28. The fourth-order valence-electron chi connectivity index (χ4n) is 1.91. The van der Waals surface area contributed by atoms with Gasteiger partial charge in [0.1, 0.15) is 10.5 Å². The minimum atomic E-state index is -0.0346. The monoisotopic (exact) mass is 287 g/mol. The van der Waals surface area contributed by atoms with Gasteiger partial charge in [0.2, 0.25) is 0 Å². The van der Waals surface area contributed by atoms with Crippen molar-refractivity contribution in [2.24, 2.45) is 0 Å². The number of thiophene rings is 1. The summed E-state index contributed by atoms with van der Waals surface area (Å²) in [7, 11) is 1.78. The van der Waals surface area contributed by atoms with E-state index in [1.807, 2.05) is 12.3 Å². The van der Waals surface area contributed by atoms with Gasteiger partial charge in [-0.1, -0.05) is 0 Å². The summed E-state index contributed by atoms with van der Waals surface area (Å²) in [4.78, 5) is 25.1. The lowest BCUT2D eigenvalue weighted by Crippen LogP contribution is -2.21. The van der Waals surface area contributed by atoms with E-state index in [0.29, 0.717) is 17.1 Å². The molecule has 0 aromatic carbocycles. The molecular weight excluding hydrogens is 274 g/mol. The zero-order valence-corrected chi connectivity index (χ0v) is 11.9. The normalized spacial score (nSPS) is 10.9. The Balaban J connectivity index is 1.97. The van der Waals surface area contributed by atoms with Crippen molar-refractivity contribution in [2.45, 2.75) is 13.5 Å². The van der Waals surface area contributed by atoms with E-state index in [2.05, 4.69) is 20.3 Å². The fourth-order valence-corrected chi connectivity index (χ4v) is 2.86. The average Bonchev–Trinajstić information content (AvgIpc) is 2.85. The molecule has 0 aliphatic rings. The van der Waals surface area contributed by atoms with Gasteiger partial charge in [-0.15, -0.1) is 11.3 Å². The zero-order valence-electron chi connectivity index (χ0n) is 11.1. The van der Waals surface area contributed by atoms with Gasteiger partial charge in [-0.3, -0.25) is 14.3 Å². The maximum atomic E-state index is 12.3. The van der Waals surface area contributed by atoms with Crippen LogP contribution in [0.5, 0.6) is 0 Å². The largest absolute Gasteiger partial charge is 0.372 e. The summed E-state index contributed by atoms with van der Waals surface area (Å²) in [6, 6.07) is 0. The Kier molecular flexibility index (Phi) is 3.19. The number of anilines is 1. The summed E-state index contributed by atoms with van der Waals surface area (Å²) in [5, 5.41) is 4.85. The van der Waals surface area contributed by atoms with Crippen LogP contribution in [0.3, 0.4) is 0 Å². The average molecular weight is 287 g/mol. The molecule has 0 amide bonds. The second-order valence-electron chi connectivity index (χ2n) is 4.42. The summed E-state index contributed by atoms with van der Waals surface area (Å²) >= 11 is 1.43. The van der Waals surface area contributed by atoms with Crippen LogP contribution in [0.1, 0.15) is 11.3 Å². The Morgan fingerprint density at radius 2 is 2.15 bits per heavy atom. The van der Waals surface area contributed by atoms with Crippen molar-refractivity contribution in [3.63, 3.8) is 0 Å². The molecule has 0 fully saturated rings. The van der Waals surface area contributed by atoms with Crippen LogP contribution in [-0.2, 0) is 6.54 Å². The first kappa shape index (κ1) is 12.7. The van der Waals surface area contributed by atoms with Gasteiger partial charge in [0.05, 0.1) is 36.5 Å². The molecule has 0 aliphatic heterocycles. The predicted octanol–water partition coefficient (Wildman–Crippen LogP) is 1.65. The fraction of sp³-hybridized carbons (Fsp3) is 0.231. The molecule has 3 aromatic rings. The standard InChI is InChI=1S/C13H13N5OS/c1-8-6-20-12-11(8)17-7-18(13(12)19)5-9-3-16-10(14-2)4-15-9/h3-4,6-7H,5H2,1-2H3,(H,14,16). The van der Waals surface area contributed by atoms with Gasteiger partial charge in [-0.05, 0) is 17.9 Å². The molecule has 0 spiro atoms. The molecule has 0 unspecified atom stereocenters. The number of aryl methyl sites for hydroxylation is 1. The highest BCUT2D eigenvalue weighted by molar-refractivity contribution is 7.17. The van der Waals surface area contributed by atoms with Crippen LogP contribution in [-0.4, -0.2) is 26.6 Å². The van der Waals surface area contributed by atoms with Crippen molar-refractivity contribution in [3.8, 4) is 0 Å². The molecule has 102 valence electrons. The third-order valence-electron chi connectivity index (χ3n) is 3.02. The highest BCUT2D eigenvalue weighted by Crippen LogP contribution is 2.19. The maximum absolute atomic E-state index is 12.3. The first-order valence-electron chi connectivity index (χ1n) is 6.11. The van der Waals surface area contributed by atoms with Crippen molar-refractivity contribution in [1.82, 2.24) is 19.5 Å². The molecule has 0 aliphatic carbocycles. The second-order valence-corrected chi connectivity index (χ2v) is 5.30. The van der Waals surface area contributed by atoms with Crippen LogP contribution in [0, 0.1) is 6.92 Å².